The molecule has 1 unspecified atom stereocenters. The molecule has 0 bridgehead atoms. The summed E-state index contributed by atoms with van der Waals surface area (Å²) in [6, 6.07) is 16.4. The summed E-state index contributed by atoms with van der Waals surface area (Å²) >= 11 is 0. The zero-order valence-electron chi connectivity index (χ0n) is 19.5. The molecule has 2 aliphatic carbocycles. The molecule has 1 atom stereocenters. The number of benzene rings is 2. The van der Waals surface area contributed by atoms with Crippen LogP contribution in [-0.2, 0) is 14.3 Å². The zero-order chi connectivity index (χ0) is 24.1. The predicted molar refractivity (Wildman–Crippen MR) is 128 cm³/mol. The Bertz CT molecular complexity index is 1000. The van der Waals surface area contributed by atoms with Crippen molar-refractivity contribution in [3.05, 3.63) is 59.7 Å². The Labute approximate surface area is 199 Å². The van der Waals surface area contributed by atoms with Gasteiger partial charge < -0.3 is 20.5 Å². The maximum absolute atomic E-state index is 12.3. The molecule has 0 aromatic heterocycles. The number of rotatable bonds is 10. The van der Waals surface area contributed by atoms with Gasteiger partial charge in [0, 0.05) is 31.8 Å². The minimum atomic E-state index is -0.759. The van der Waals surface area contributed by atoms with Crippen LogP contribution in [-0.4, -0.2) is 42.8 Å². The van der Waals surface area contributed by atoms with Gasteiger partial charge in [0.2, 0.25) is 5.91 Å². The zero-order valence-corrected chi connectivity index (χ0v) is 19.5. The number of carboxylic acids is 1. The fourth-order valence-corrected chi connectivity index (χ4v) is 5.08. The Morgan fingerprint density at radius 2 is 1.59 bits per heavy atom. The second-order valence-corrected chi connectivity index (χ2v) is 9.62. The average molecular weight is 465 g/mol. The van der Waals surface area contributed by atoms with E-state index in [9.17, 15) is 14.4 Å². The summed E-state index contributed by atoms with van der Waals surface area (Å²) in [4.78, 5) is 35.2. The number of aliphatic carboxylic acids is 1. The van der Waals surface area contributed by atoms with Gasteiger partial charge in [-0.3, -0.25) is 9.59 Å². The Balaban J connectivity index is 1.15. The molecule has 0 spiro atoms. The van der Waals surface area contributed by atoms with Gasteiger partial charge in [0.15, 0.2) is 0 Å². The molecule has 2 amide bonds. The van der Waals surface area contributed by atoms with Crippen molar-refractivity contribution >= 4 is 18.0 Å². The van der Waals surface area contributed by atoms with Crippen molar-refractivity contribution in [1.82, 2.24) is 10.6 Å². The summed E-state index contributed by atoms with van der Waals surface area (Å²) in [5.41, 5.74) is 4.71. The van der Waals surface area contributed by atoms with E-state index in [4.69, 9.17) is 9.84 Å². The largest absolute Gasteiger partial charge is 0.481 e. The Hall–Kier alpha value is -3.35. The van der Waals surface area contributed by atoms with Crippen LogP contribution in [0.3, 0.4) is 0 Å². The highest BCUT2D eigenvalue weighted by molar-refractivity contribution is 5.79. The standard InChI is InChI=1S/C27H32N2O5/c1-17(10-25(30)28-15-19-11-18(12-19)13-26(31)32)14-29-27(33)34-16-24-22-8-4-2-6-20(22)21-7-3-5-9-23(21)24/h2-9,17-19,24H,10-16H2,1H3,(H,28,30)(H,29,33)(H,31,32). The van der Waals surface area contributed by atoms with Crippen LogP contribution in [0.1, 0.15) is 49.7 Å². The number of amides is 2. The van der Waals surface area contributed by atoms with Crippen LogP contribution in [0.15, 0.2) is 48.5 Å². The van der Waals surface area contributed by atoms with Crippen LogP contribution in [0, 0.1) is 17.8 Å². The van der Waals surface area contributed by atoms with E-state index in [1.807, 2.05) is 31.2 Å². The summed E-state index contributed by atoms with van der Waals surface area (Å²) in [7, 11) is 0. The highest BCUT2D eigenvalue weighted by Crippen LogP contribution is 2.44. The summed E-state index contributed by atoms with van der Waals surface area (Å²) in [6.45, 7) is 3.12. The molecule has 4 rings (SSSR count). The van der Waals surface area contributed by atoms with Crippen LogP contribution in [0.5, 0.6) is 0 Å². The predicted octanol–water partition coefficient (Wildman–Crippen LogP) is 4.17. The number of hydrogen-bond donors (Lipinski definition) is 3. The highest BCUT2D eigenvalue weighted by Gasteiger charge is 2.31. The van der Waals surface area contributed by atoms with Gasteiger partial charge >= 0.3 is 12.1 Å². The maximum atomic E-state index is 12.3. The van der Waals surface area contributed by atoms with E-state index in [1.54, 1.807) is 0 Å². The number of fused-ring (bicyclic) bond motifs is 3. The molecule has 7 heteroatoms. The Morgan fingerprint density at radius 3 is 2.21 bits per heavy atom. The van der Waals surface area contributed by atoms with Crippen molar-refractivity contribution in [2.24, 2.45) is 17.8 Å². The van der Waals surface area contributed by atoms with E-state index in [0.29, 0.717) is 25.4 Å². The molecule has 7 nitrogen and oxygen atoms in total. The second-order valence-electron chi connectivity index (χ2n) is 9.62. The fourth-order valence-electron chi connectivity index (χ4n) is 5.08. The van der Waals surface area contributed by atoms with E-state index in [1.165, 1.54) is 22.3 Å². The second kappa shape index (κ2) is 10.7. The Kier molecular flexibility index (Phi) is 7.50. The highest BCUT2D eigenvalue weighted by atomic mass is 16.5. The van der Waals surface area contributed by atoms with Gasteiger partial charge in [-0.2, -0.15) is 0 Å². The van der Waals surface area contributed by atoms with Crippen molar-refractivity contribution in [2.45, 2.75) is 38.5 Å². The first-order chi connectivity index (χ1) is 16.4. The molecule has 1 saturated carbocycles. The monoisotopic (exact) mass is 464 g/mol. The SMILES string of the molecule is CC(CNC(=O)OCC1c2ccccc2-c2ccccc21)CC(=O)NCC1CC(CC(=O)O)C1. The molecule has 1 fully saturated rings. The topological polar surface area (TPSA) is 105 Å². The third-order valence-electron chi connectivity index (χ3n) is 6.86. The molecule has 0 heterocycles. The molecular formula is C27H32N2O5. The summed E-state index contributed by atoms with van der Waals surface area (Å²) in [5, 5.41) is 14.5. The third-order valence-corrected chi connectivity index (χ3v) is 6.86. The van der Waals surface area contributed by atoms with Gasteiger partial charge in [-0.15, -0.1) is 0 Å². The number of carbonyl (C=O) groups excluding carboxylic acids is 2. The van der Waals surface area contributed by atoms with Gasteiger partial charge in [0.05, 0.1) is 0 Å². The summed E-state index contributed by atoms with van der Waals surface area (Å²) in [6.07, 6.45) is 1.75. The van der Waals surface area contributed by atoms with Crippen LogP contribution in [0.2, 0.25) is 0 Å². The van der Waals surface area contributed by atoms with Crippen molar-refractivity contribution in [3.8, 4) is 11.1 Å². The number of alkyl carbamates (subject to hydrolysis) is 1. The van der Waals surface area contributed by atoms with Gasteiger partial charge in [-0.1, -0.05) is 55.5 Å². The van der Waals surface area contributed by atoms with E-state index in [2.05, 4.69) is 34.9 Å². The van der Waals surface area contributed by atoms with Gasteiger partial charge in [-0.05, 0) is 52.8 Å². The first-order valence-electron chi connectivity index (χ1n) is 12.0. The molecule has 34 heavy (non-hydrogen) atoms. The van der Waals surface area contributed by atoms with Crippen LogP contribution in [0.25, 0.3) is 11.1 Å². The van der Waals surface area contributed by atoms with Crippen molar-refractivity contribution in [2.75, 3.05) is 19.7 Å². The van der Waals surface area contributed by atoms with Gasteiger partial charge in [0.25, 0.3) is 0 Å². The molecule has 0 aliphatic heterocycles. The molecule has 2 aromatic rings. The minimum absolute atomic E-state index is 0.0166. The van der Waals surface area contributed by atoms with E-state index >= 15 is 0 Å². The van der Waals surface area contributed by atoms with Gasteiger partial charge in [0.1, 0.15) is 6.61 Å². The average Bonchev–Trinajstić information content (AvgIpc) is 3.11. The van der Waals surface area contributed by atoms with Crippen LogP contribution in [0.4, 0.5) is 4.79 Å². The van der Waals surface area contributed by atoms with E-state index in [0.717, 1.165) is 12.8 Å². The lowest BCUT2D eigenvalue weighted by molar-refractivity contribution is -0.139. The summed E-state index contributed by atoms with van der Waals surface area (Å²) in [5.74, 6) is -0.222. The lowest BCUT2D eigenvalue weighted by Gasteiger charge is -2.34. The normalized spacial score (nSPS) is 19.3. The van der Waals surface area contributed by atoms with Gasteiger partial charge in [-0.25, -0.2) is 4.79 Å². The number of ether oxygens (including phenoxy) is 1. The van der Waals surface area contributed by atoms with Crippen molar-refractivity contribution < 1.29 is 24.2 Å². The minimum Gasteiger partial charge on any atom is -0.481 e. The molecular weight excluding hydrogens is 432 g/mol. The van der Waals surface area contributed by atoms with Crippen LogP contribution >= 0.6 is 0 Å². The first-order valence-corrected chi connectivity index (χ1v) is 12.0. The summed E-state index contributed by atoms with van der Waals surface area (Å²) < 4.78 is 5.54. The smallest absolute Gasteiger partial charge is 0.407 e. The molecule has 3 N–H and O–H groups in total. The molecule has 180 valence electrons. The molecule has 2 aliphatic rings. The molecule has 0 saturated heterocycles. The lowest BCUT2D eigenvalue weighted by atomic mass is 9.73. The number of nitrogens with one attached hydrogen (secondary N) is 2. The van der Waals surface area contributed by atoms with Crippen molar-refractivity contribution in [1.29, 1.82) is 0 Å². The number of hydrogen-bond acceptors (Lipinski definition) is 4. The molecule has 2 aromatic carbocycles. The maximum Gasteiger partial charge on any atom is 0.407 e. The Morgan fingerprint density at radius 1 is 0.971 bits per heavy atom. The third kappa shape index (κ3) is 5.76. The van der Waals surface area contributed by atoms with Crippen molar-refractivity contribution in [3.63, 3.8) is 0 Å². The number of carbonyl (C=O) groups is 3. The lowest BCUT2D eigenvalue weighted by Crippen LogP contribution is -2.38. The quantitative estimate of drug-likeness (QED) is 0.490. The van der Waals surface area contributed by atoms with E-state index < -0.39 is 12.1 Å². The molecule has 0 radical (unpaired) electrons. The van der Waals surface area contributed by atoms with E-state index in [-0.39, 0.29) is 36.7 Å². The first kappa shape index (κ1) is 23.8. The fraction of sp³-hybridized carbons (Fsp3) is 0.444. The number of carboxylic acid groups (broad SMARTS) is 1. The van der Waals surface area contributed by atoms with Crippen LogP contribution < -0.4 is 10.6 Å².